The summed E-state index contributed by atoms with van der Waals surface area (Å²) in [5.41, 5.74) is 0.927. The maximum Gasteiger partial charge on any atom is 0.247 e. The zero-order valence-electron chi connectivity index (χ0n) is 11.1. The normalized spacial score (nSPS) is 16.5. The second kappa shape index (κ2) is 5.43. The summed E-state index contributed by atoms with van der Waals surface area (Å²) >= 11 is 0. The van der Waals surface area contributed by atoms with Gasteiger partial charge in [0.1, 0.15) is 5.75 Å². The smallest absolute Gasteiger partial charge is 0.247 e. The second-order valence-electron chi connectivity index (χ2n) is 5.03. The molecule has 1 saturated carbocycles. The van der Waals surface area contributed by atoms with Gasteiger partial charge >= 0.3 is 0 Å². The monoisotopic (exact) mass is 258 g/mol. The lowest BCUT2D eigenvalue weighted by Gasteiger charge is -2.22. The number of hydrogen-bond donors (Lipinski definition) is 0. The van der Waals surface area contributed by atoms with Crippen molar-refractivity contribution in [2.45, 2.75) is 45.1 Å². The van der Waals surface area contributed by atoms with Crippen molar-refractivity contribution in [3.8, 4) is 17.2 Å². The van der Waals surface area contributed by atoms with Crippen molar-refractivity contribution in [2.75, 3.05) is 0 Å². The molecule has 0 saturated heterocycles. The van der Waals surface area contributed by atoms with E-state index in [2.05, 4.69) is 10.2 Å². The van der Waals surface area contributed by atoms with Gasteiger partial charge in [0.15, 0.2) is 0 Å². The van der Waals surface area contributed by atoms with Crippen LogP contribution < -0.4 is 4.74 Å². The molecule has 0 atom stereocenters. The maximum absolute atomic E-state index is 5.98. The lowest BCUT2D eigenvalue weighted by atomic mass is 9.98. The van der Waals surface area contributed by atoms with Crippen molar-refractivity contribution < 1.29 is 9.15 Å². The molecule has 19 heavy (non-hydrogen) atoms. The largest absolute Gasteiger partial charge is 0.490 e. The molecule has 1 aromatic carbocycles. The maximum atomic E-state index is 5.98. The van der Waals surface area contributed by atoms with Gasteiger partial charge in [-0.1, -0.05) is 6.42 Å². The third kappa shape index (κ3) is 2.95. The highest BCUT2D eigenvalue weighted by Crippen LogP contribution is 2.25. The standard InChI is InChI=1S/C15H18N2O2/c1-11-16-17-15(18-11)12-7-9-14(10-8-12)19-13-5-3-2-4-6-13/h7-10,13H,2-6H2,1H3. The quantitative estimate of drug-likeness (QED) is 0.841. The van der Waals surface area contributed by atoms with E-state index in [9.17, 15) is 0 Å². The summed E-state index contributed by atoms with van der Waals surface area (Å²) in [5.74, 6) is 2.06. The van der Waals surface area contributed by atoms with Crippen molar-refractivity contribution in [1.29, 1.82) is 0 Å². The Bertz CT molecular complexity index is 527. The molecule has 0 N–H and O–H groups in total. The van der Waals surface area contributed by atoms with Gasteiger partial charge in [-0.25, -0.2) is 0 Å². The summed E-state index contributed by atoms with van der Waals surface area (Å²) in [6.45, 7) is 1.79. The van der Waals surface area contributed by atoms with Crippen LogP contribution in [0.2, 0.25) is 0 Å². The highest BCUT2D eigenvalue weighted by atomic mass is 16.5. The summed E-state index contributed by atoms with van der Waals surface area (Å²) in [7, 11) is 0. The molecule has 4 nitrogen and oxygen atoms in total. The zero-order valence-corrected chi connectivity index (χ0v) is 11.1. The van der Waals surface area contributed by atoms with E-state index < -0.39 is 0 Å². The third-order valence-corrected chi connectivity index (χ3v) is 3.48. The Morgan fingerprint density at radius 1 is 1.05 bits per heavy atom. The first-order valence-corrected chi connectivity index (χ1v) is 6.88. The molecule has 0 bridgehead atoms. The highest BCUT2D eigenvalue weighted by Gasteiger charge is 2.15. The van der Waals surface area contributed by atoms with E-state index in [4.69, 9.17) is 9.15 Å². The number of aryl methyl sites for hydroxylation is 1. The Labute approximate surface area is 112 Å². The molecule has 0 amide bonds. The molecule has 3 rings (SSSR count). The zero-order chi connectivity index (χ0) is 13.1. The molecule has 1 aliphatic carbocycles. The highest BCUT2D eigenvalue weighted by molar-refractivity contribution is 5.53. The van der Waals surface area contributed by atoms with E-state index in [0.29, 0.717) is 17.9 Å². The van der Waals surface area contributed by atoms with Gasteiger partial charge in [0.05, 0.1) is 6.10 Å². The van der Waals surface area contributed by atoms with Gasteiger partial charge < -0.3 is 9.15 Å². The number of benzene rings is 1. The molecule has 1 aliphatic rings. The minimum Gasteiger partial charge on any atom is -0.490 e. The summed E-state index contributed by atoms with van der Waals surface area (Å²) in [4.78, 5) is 0. The fourth-order valence-corrected chi connectivity index (χ4v) is 2.46. The first kappa shape index (κ1) is 12.2. The Morgan fingerprint density at radius 3 is 2.42 bits per heavy atom. The van der Waals surface area contributed by atoms with E-state index in [1.165, 1.54) is 32.1 Å². The lowest BCUT2D eigenvalue weighted by Crippen LogP contribution is -2.19. The number of ether oxygens (including phenoxy) is 1. The van der Waals surface area contributed by atoms with Crippen molar-refractivity contribution in [1.82, 2.24) is 10.2 Å². The van der Waals surface area contributed by atoms with E-state index >= 15 is 0 Å². The van der Waals surface area contributed by atoms with Crippen LogP contribution in [0.3, 0.4) is 0 Å². The molecular formula is C15H18N2O2. The fraction of sp³-hybridized carbons (Fsp3) is 0.467. The Balaban J connectivity index is 1.68. The first-order chi connectivity index (χ1) is 9.31. The number of hydrogen-bond acceptors (Lipinski definition) is 4. The molecule has 1 aromatic heterocycles. The van der Waals surface area contributed by atoms with Crippen molar-refractivity contribution in [3.63, 3.8) is 0 Å². The molecule has 0 radical (unpaired) electrons. The van der Waals surface area contributed by atoms with Gasteiger partial charge in [-0.2, -0.15) is 0 Å². The van der Waals surface area contributed by atoms with E-state index in [1.54, 1.807) is 6.92 Å². The molecule has 1 heterocycles. The van der Waals surface area contributed by atoms with Crippen LogP contribution in [0.5, 0.6) is 5.75 Å². The molecule has 2 aromatic rings. The van der Waals surface area contributed by atoms with Gasteiger partial charge in [-0.05, 0) is 49.9 Å². The predicted molar refractivity (Wildman–Crippen MR) is 72.0 cm³/mol. The minimum atomic E-state index is 0.380. The Morgan fingerprint density at radius 2 is 1.79 bits per heavy atom. The number of rotatable bonds is 3. The fourth-order valence-electron chi connectivity index (χ4n) is 2.46. The lowest BCUT2D eigenvalue weighted by molar-refractivity contribution is 0.155. The van der Waals surface area contributed by atoms with E-state index in [0.717, 1.165) is 11.3 Å². The van der Waals surface area contributed by atoms with Gasteiger partial charge in [0.2, 0.25) is 11.8 Å². The molecule has 0 spiro atoms. The van der Waals surface area contributed by atoms with Crippen LogP contribution in [0, 0.1) is 6.92 Å². The summed E-state index contributed by atoms with van der Waals surface area (Å²) < 4.78 is 11.4. The van der Waals surface area contributed by atoms with Crippen molar-refractivity contribution >= 4 is 0 Å². The van der Waals surface area contributed by atoms with Crippen LogP contribution in [0.1, 0.15) is 38.0 Å². The van der Waals surface area contributed by atoms with Crippen molar-refractivity contribution in [2.24, 2.45) is 0 Å². The number of nitrogens with zero attached hydrogens (tertiary/aromatic N) is 2. The SMILES string of the molecule is Cc1nnc(-c2ccc(OC3CCCCC3)cc2)o1. The average molecular weight is 258 g/mol. The van der Waals surface area contributed by atoms with Crippen LogP contribution in [-0.2, 0) is 0 Å². The van der Waals surface area contributed by atoms with Crippen LogP contribution in [0.25, 0.3) is 11.5 Å². The predicted octanol–water partition coefficient (Wildman–Crippen LogP) is 3.76. The van der Waals surface area contributed by atoms with Gasteiger partial charge in [-0.15, -0.1) is 10.2 Å². The van der Waals surface area contributed by atoms with Crippen LogP contribution in [-0.4, -0.2) is 16.3 Å². The summed E-state index contributed by atoms with van der Waals surface area (Å²) in [5, 5.41) is 7.83. The molecule has 0 unspecified atom stereocenters. The summed E-state index contributed by atoms with van der Waals surface area (Å²) in [6, 6.07) is 7.88. The van der Waals surface area contributed by atoms with Gasteiger partial charge in [0, 0.05) is 12.5 Å². The van der Waals surface area contributed by atoms with Crippen LogP contribution in [0.4, 0.5) is 0 Å². The molecule has 1 fully saturated rings. The van der Waals surface area contributed by atoms with E-state index in [1.807, 2.05) is 24.3 Å². The Hall–Kier alpha value is -1.84. The Kier molecular flexibility index (Phi) is 3.49. The molecule has 4 heteroatoms. The average Bonchev–Trinajstić information content (AvgIpc) is 2.87. The number of aromatic nitrogens is 2. The molecule has 100 valence electrons. The molecule has 0 aliphatic heterocycles. The van der Waals surface area contributed by atoms with Crippen molar-refractivity contribution in [3.05, 3.63) is 30.2 Å². The summed E-state index contributed by atoms with van der Waals surface area (Å²) in [6.07, 6.45) is 6.63. The van der Waals surface area contributed by atoms with E-state index in [-0.39, 0.29) is 0 Å². The van der Waals surface area contributed by atoms with Gasteiger partial charge in [-0.3, -0.25) is 0 Å². The van der Waals surface area contributed by atoms with Gasteiger partial charge in [0.25, 0.3) is 0 Å². The second-order valence-corrected chi connectivity index (χ2v) is 5.03. The van der Waals surface area contributed by atoms with Crippen LogP contribution in [0.15, 0.2) is 28.7 Å². The van der Waals surface area contributed by atoms with Crippen LogP contribution >= 0.6 is 0 Å². The molecular weight excluding hydrogens is 240 g/mol. The third-order valence-electron chi connectivity index (χ3n) is 3.48. The minimum absolute atomic E-state index is 0.380. The topological polar surface area (TPSA) is 48.2 Å². The first-order valence-electron chi connectivity index (χ1n) is 6.88.